The molecule has 0 aliphatic heterocycles. The molecule has 0 unspecified atom stereocenters. The second-order valence-corrected chi connectivity index (χ2v) is 1.78. The molecule has 0 aromatic rings. The molecule has 3 nitrogen and oxygen atoms in total. The normalized spacial score (nSPS) is 12.5. The topological polar surface area (TPSA) is 48.6 Å². The molecule has 0 saturated heterocycles. The molecule has 0 saturated carbocycles. The van der Waals surface area contributed by atoms with E-state index < -0.39 is 0 Å². The van der Waals surface area contributed by atoms with Crippen LogP contribution in [0, 0.1) is 5.53 Å². The van der Waals surface area contributed by atoms with Crippen LogP contribution in [0.15, 0.2) is 20.4 Å². The second-order valence-electron chi connectivity index (χ2n) is 1.06. The van der Waals surface area contributed by atoms with E-state index in [-0.39, 0.29) is 0 Å². The Kier molecular flexibility index (Phi) is 4.73. The number of hydrogen-bond donors (Lipinski definition) is 1. The zero-order chi connectivity index (χ0) is 6.41. The van der Waals surface area contributed by atoms with Crippen LogP contribution in [0.4, 0.5) is 0 Å². The first-order valence-corrected chi connectivity index (χ1v) is 3.23. The van der Waals surface area contributed by atoms with Gasteiger partial charge in [-0.3, -0.25) is 0 Å². The highest BCUT2D eigenvalue weighted by Crippen LogP contribution is 1.86. The van der Waals surface area contributed by atoms with Gasteiger partial charge < -0.3 is 0 Å². The molecule has 1 N–H and O–H groups in total. The van der Waals surface area contributed by atoms with E-state index in [2.05, 4.69) is 10.1 Å². The van der Waals surface area contributed by atoms with E-state index in [1.54, 1.807) is 17.2 Å². The molecule has 0 amide bonds. The van der Waals surface area contributed by atoms with Gasteiger partial charge in [-0.05, 0) is 11.0 Å². The number of hydrogen-bond acceptors (Lipinski definition) is 2. The van der Waals surface area contributed by atoms with Crippen LogP contribution in [0.2, 0.25) is 0 Å². The minimum atomic E-state index is 0.470. The highest BCUT2D eigenvalue weighted by Gasteiger charge is 1.75. The molecule has 0 spiro atoms. The molecular formula is C4H6IN3. The Hall–Kier alpha value is -0.260. The highest BCUT2D eigenvalue weighted by molar-refractivity contribution is 14.1. The summed E-state index contributed by atoms with van der Waals surface area (Å²) < 4.78 is 1.76. The van der Waals surface area contributed by atoms with Gasteiger partial charge in [0.25, 0.3) is 0 Å². The summed E-state index contributed by atoms with van der Waals surface area (Å²) in [5, 5.41) is 3.07. The first kappa shape index (κ1) is 7.74. The molecule has 8 heavy (non-hydrogen) atoms. The van der Waals surface area contributed by atoms with Crippen LogP contribution in [0.25, 0.3) is 0 Å². The van der Waals surface area contributed by atoms with Gasteiger partial charge in [0.1, 0.15) is 5.84 Å². The molecule has 0 atom stereocenters. The van der Waals surface area contributed by atoms with E-state index in [0.717, 1.165) is 0 Å². The Morgan fingerprint density at radius 2 is 2.38 bits per heavy atom. The summed E-state index contributed by atoms with van der Waals surface area (Å²) in [6, 6.07) is 0. The van der Waals surface area contributed by atoms with E-state index in [1.165, 1.54) is 0 Å². The fourth-order valence-corrected chi connectivity index (χ4v) is 0.326. The summed E-state index contributed by atoms with van der Waals surface area (Å²) in [7, 11) is 0. The van der Waals surface area contributed by atoms with Gasteiger partial charge in [-0.25, -0.2) is 10.5 Å². The largest absolute Gasteiger partial charge is 0.239 e. The second kappa shape index (κ2) is 4.89. The molecule has 44 valence electrons. The predicted octanol–water partition coefficient (Wildman–Crippen LogP) is 2.34. The molecule has 0 aromatic carbocycles. The molecule has 0 rings (SSSR count). The predicted molar refractivity (Wildman–Crippen MR) is 41.4 cm³/mol. The summed E-state index contributed by atoms with van der Waals surface area (Å²) in [4.78, 5) is 3.74. The van der Waals surface area contributed by atoms with Gasteiger partial charge in [-0.1, -0.05) is 22.6 Å². The summed E-state index contributed by atoms with van der Waals surface area (Å²) in [6.45, 7) is 1.67. The van der Waals surface area contributed by atoms with Gasteiger partial charge >= 0.3 is 0 Å². The zero-order valence-electron chi connectivity index (χ0n) is 4.43. The van der Waals surface area contributed by atoms with E-state index in [0.29, 0.717) is 5.84 Å². The van der Waals surface area contributed by atoms with Crippen LogP contribution >= 0.6 is 22.6 Å². The molecule has 0 aromatic heterocycles. The molecule has 0 fully saturated rings. The van der Waals surface area contributed by atoms with Crippen molar-refractivity contribution >= 4 is 28.4 Å². The molecular weight excluding hydrogens is 217 g/mol. The summed E-state index contributed by atoms with van der Waals surface area (Å²) in [5.41, 5.74) is 6.44. The Bertz CT molecular complexity index is 127. The first-order valence-electron chi connectivity index (χ1n) is 1.98. The van der Waals surface area contributed by atoms with Crippen molar-refractivity contribution in [2.24, 2.45) is 10.1 Å². The van der Waals surface area contributed by atoms with Crippen LogP contribution in [0.3, 0.4) is 0 Å². The molecule has 0 aliphatic rings. The Labute approximate surface area is 61.5 Å². The maximum Gasteiger partial charge on any atom is 0.147 e. The molecule has 4 heteroatoms. The lowest BCUT2D eigenvalue weighted by atomic mass is 10.7. The number of aliphatic imine (C=N–C) groups is 1. The van der Waals surface area contributed by atoms with Crippen molar-refractivity contribution in [2.75, 3.05) is 0 Å². The lowest BCUT2D eigenvalue weighted by Gasteiger charge is -1.78. The smallest absolute Gasteiger partial charge is 0.147 e. The van der Waals surface area contributed by atoms with Gasteiger partial charge in [-0.15, -0.1) is 5.11 Å². The fourth-order valence-electron chi connectivity index (χ4n) is 0.165. The average molecular weight is 223 g/mol. The van der Waals surface area contributed by atoms with Crippen molar-refractivity contribution in [1.82, 2.24) is 0 Å². The van der Waals surface area contributed by atoms with Crippen LogP contribution in [-0.4, -0.2) is 5.84 Å². The number of nitrogens with one attached hydrogen (secondary N) is 1. The van der Waals surface area contributed by atoms with E-state index in [9.17, 15) is 0 Å². The van der Waals surface area contributed by atoms with Gasteiger partial charge in [0.15, 0.2) is 0 Å². The maximum absolute atomic E-state index is 6.44. The number of amidine groups is 1. The monoisotopic (exact) mass is 223 g/mol. The van der Waals surface area contributed by atoms with Crippen molar-refractivity contribution in [1.29, 1.82) is 5.53 Å². The summed E-state index contributed by atoms with van der Waals surface area (Å²) in [6.07, 6.45) is 1.59. The van der Waals surface area contributed by atoms with E-state index >= 15 is 0 Å². The molecule has 0 radical (unpaired) electrons. The lowest BCUT2D eigenvalue weighted by Crippen LogP contribution is -1.77. The van der Waals surface area contributed by atoms with Crippen molar-refractivity contribution in [2.45, 2.75) is 6.92 Å². The van der Waals surface area contributed by atoms with Gasteiger partial charge in [-0.2, -0.15) is 0 Å². The summed E-state index contributed by atoms with van der Waals surface area (Å²) in [5.74, 6) is 0.470. The van der Waals surface area contributed by atoms with Gasteiger partial charge in [0, 0.05) is 6.20 Å². The fraction of sp³-hybridized carbons (Fsp3) is 0.250. The van der Waals surface area contributed by atoms with Crippen LogP contribution in [0.5, 0.6) is 0 Å². The Morgan fingerprint density at radius 3 is 2.75 bits per heavy atom. The quantitative estimate of drug-likeness (QED) is 0.307. The molecule has 0 aliphatic carbocycles. The molecule has 0 heterocycles. The average Bonchev–Trinajstić information content (AvgIpc) is 1.83. The SMILES string of the molecule is C/C(N=N)=N/C=C\I. The van der Waals surface area contributed by atoms with Crippen LogP contribution in [0.1, 0.15) is 6.92 Å². The number of halogens is 1. The number of rotatable bonds is 1. The number of nitrogens with zero attached hydrogens (tertiary/aromatic N) is 2. The van der Waals surface area contributed by atoms with E-state index in [1.807, 2.05) is 22.6 Å². The van der Waals surface area contributed by atoms with Crippen LogP contribution in [-0.2, 0) is 0 Å². The highest BCUT2D eigenvalue weighted by atomic mass is 127. The van der Waals surface area contributed by atoms with Gasteiger partial charge in [0.05, 0.1) is 0 Å². The summed E-state index contributed by atoms with van der Waals surface area (Å²) >= 11 is 2.05. The first-order chi connectivity index (χ1) is 3.81. The minimum absolute atomic E-state index is 0.470. The third-order valence-electron chi connectivity index (χ3n) is 0.480. The minimum Gasteiger partial charge on any atom is -0.239 e. The van der Waals surface area contributed by atoms with Crippen molar-refractivity contribution in [3.63, 3.8) is 0 Å². The van der Waals surface area contributed by atoms with Crippen molar-refractivity contribution in [3.8, 4) is 0 Å². The zero-order valence-corrected chi connectivity index (χ0v) is 6.58. The third kappa shape index (κ3) is 3.91. The Balaban J connectivity index is 3.74. The Morgan fingerprint density at radius 1 is 1.75 bits per heavy atom. The van der Waals surface area contributed by atoms with E-state index in [4.69, 9.17) is 5.53 Å². The standard InChI is InChI=1S/C4H6IN3/c1-4(8-6)7-3-2-5/h2-3,6H,1H3/b3-2-,7-4-,8-6?. The maximum atomic E-state index is 6.44. The third-order valence-corrected chi connectivity index (χ3v) is 0.801. The molecule has 0 bridgehead atoms. The lowest BCUT2D eigenvalue weighted by molar-refractivity contribution is 1.17. The van der Waals surface area contributed by atoms with Gasteiger partial charge in [0.2, 0.25) is 0 Å². The van der Waals surface area contributed by atoms with Crippen molar-refractivity contribution in [3.05, 3.63) is 10.3 Å². The van der Waals surface area contributed by atoms with Crippen LogP contribution < -0.4 is 0 Å². The van der Waals surface area contributed by atoms with Crippen molar-refractivity contribution < 1.29 is 0 Å².